The van der Waals surface area contributed by atoms with Crippen LogP contribution in [-0.2, 0) is 11.2 Å². The molecule has 2 fully saturated rings. The summed E-state index contributed by atoms with van der Waals surface area (Å²) in [6.07, 6.45) is 7.02. The van der Waals surface area contributed by atoms with E-state index in [9.17, 15) is 4.79 Å². The molecule has 1 saturated carbocycles. The van der Waals surface area contributed by atoms with E-state index in [4.69, 9.17) is 14.7 Å². The number of rotatable bonds is 6. The Morgan fingerprint density at radius 3 is 2.71 bits per heavy atom. The molecule has 0 bridgehead atoms. The number of benzene rings is 1. The number of fused-ring (bicyclic) bond motifs is 1. The summed E-state index contributed by atoms with van der Waals surface area (Å²) >= 11 is 0. The number of anilines is 3. The van der Waals surface area contributed by atoms with Crippen molar-refractivity contribution in [3.8, 4) is 0 Å². The van der Waals surface area contributed by atoms with Gasteiger partial charge < -0.3 is 19.9 Å². The number of hydrogen-bond acceptors (Lipinski definition) is 7. The summed E-state index contributed by atoms with van der Waals surface area (Å²) in [7, 11) is 0. The zero-order valence-electron chi connectivity index (χ0n) is 19.8. The summed E-state index contributed by atoms with van der Waals surface area (Å²) < 4.78 is 5.54. The maximum atomic E-state index is 13.1. The van der Waals surface area contributed by atoms with E-state index in [1.165, 1.54) is 24.0 Å². The van der Waals surface area contributed by atoms with Crippen LogP contribution in [0.4, 0.5) is 17.5 Å². The number of carbonyl (C=O) groups is 1. The van der Waals surface area contributed by atoms with Crippen molar-refractivity contribution in [1.82, 2.24) is 20.3 Å². The molecule has 3 aliphatic rings. The molecule has 35 heavy (non-hydrogen) atoms. The lowest BCUT2D eigenvalue weighted by Gasteiger charge is -2.35. The Kier molecular flexibility index (Phi) is 6.04. The predicted octanol–water partition coefficient (Wildman–Crippen LogP) is 3.33. The molecule has 0 radical (unpaired) electrons. The predicted molar refractivity (Wildman–Crippen MR) is 134 cm³/mol. The van der Waals surface area contributed by atoms with E-state index >= 15 is 0 Å². The molecule has 1 aromatic carbocycles. The first kappa shape index (κ1) is 22.0. The zero-order chi connectivity index (χ0) is 23.6. The first-order valence-electron chi connectivity index (χ1n) is 12.5. The van der Waals surface area contributed by atoms with Gasteiger partial charge >= 0.3 is 0 Å². The molecule has 1 aliphatic carbocycles. The van der Waals surface area contributed by atoms with Gasteiger partial charge in [-0.3, -0.25) is 9.78 Å². The summed E-state index contributed by atoms with van der Waals surface area (Å²) in [5.41, 5.74) is 3.90. The molecule has 1 amide bonds. The Labute approximate surface area is 205 Å². The summed E-state index contributed by atoms with van der Waals surface area (Å²) in [4.78, 5) is 31.6. The Morgan fingerprint density at radius 1 is 1.09 bits per heavy atom. The maximum Gasteiger partial charge on any atom is 0.270 e. The molecule has 2 aromatic heterocycles. The van der Waals surface area contributed by atoms with Gasteiger partial charge in [-0.05, 0) is 42.4 Å². The highest BCUT2D eigenvalue weighted by molar-refractivity contribution is 5.93. The van der Waals surface area contributed by atoms with Crippen LogP contribution in [0, 0.1) is 5.92 Å². The number of hydrogen-bond donors (Lipinski definition) is 1. The Hall–Kier alpha value is -3.52. The molecule has 2 aliphatic heterocycles. The Bertz CT molecular complexity index is 1190. The summed E-state index contributed by atoms with van der Waals surface area (Å²) in [6, 6.07) is 14.5. The average molecular weight is 471 g/mol. The van der Waals surface area contributed by atoms with E-state index in [2.05, 4.69) is 50.4 Å². The van der Waals surface area contributed by atoms with Gasteiger partial charge in [-0.2, -0.15) is 4.98 Å². The van der Waals surface area contributed by atoms with Crippen molar-refractivity contribution in [2.75, 3.05) is 49.2 Å². The minimum Gasteiger partial charge on any atom is -0.378 e. The van der Waals surface area contributed by atoms with Gasteiger partial charge in [0.15, 0.2) is 0 Å². The molecular weight excluding hydrogens is 440 g/mol. The third kappa shape index (κ3) is 4.84. The quantitative estimate of drug-likeness (QED) is 0.592. The third-order valence-electron chi connectivity index (χ3n) is 7.08. The molecule has 8 nitrogen and oxygen atoms in total. The molecule has 8 heteroatoms. The van der Waals surface area contributed by atoms with E-state index in [1.807, 2.05) is 24.5 Å². The molecule has 1 atom stereocenters. The van der Waals surface area contributed by atoms with E-state index in [-0.39, 0.29) is 11.8 Å². The molecule has 1 saturated heterocycles. The second-order valence-electron chi connectivity index (χ2n) is 9.59. The van der Waals surface area contributed by atoms with E-state index in [0.29, 0.717) is 37.3 Å². The standard InChI is InChI=1S/C27H30N6O2/c34-26(29-16-19-6-7-19)23-15-25(32-10-12-35-13-11-32)31-27(30-23)33-18-22(20-4-2-1-3-5-20)14-21-8-9-28-17-24(21)33/h1-5,8-9,15,17,19,22H,6-7,10-14,16,18H2,(H,29,34). The number of aromatic nitrogens is 3. The number of amides is 1. The Balaban J connectivity index is 1.39. The zero-order valence-corrected chi connectivity index (χ0v) is 19.8. The first-order valence-corrected chi connectivity index (χ1v) is 12.5. The topological polar surface area (TPSA) is 83.5 Å². The van der Waals surface area contributed by atoms with Crippen LogP contribution in [0.15, 0.2) is 54.9 Å². The molecule has 3 aromatic rings. The van der Waals surface area contributed by atoms with Crippen molar-refractivity contribution in [3.63, 3.8) is 0 Å². The largest absolute Gasteiger partial charge is 0.378 e. The highest BCUT2D eigenvalue weighted by atomic mass is 16.5. The fraction of sp³-hybridized carbons (Fsp3) is 0.407. The molecule has 4 heterocycles. The SMILES string of the molecule is O=C(NCC1CC1)c1cc(N2CCOCC2)nc(N2CC(c3ccccc3)Cc3ccncc32)n1. The van der Waals surface area contributed by atoms with E-state index in [1.54, 1.807) is 0 Å². The van der Waals surface area contributed by atoms with Gasteiger partial charge in [-0.25, -0.2) is 4.98 Å². The number of carbonyl (C=O) groups excluding carboxylic acids is 1. The molecular formula is C27H30N6O2. The van der Waals surface area contributed by atoms with Crippen LogP contribution in [0.2, 0.25) is 0 Å². The van der Waals surface area contributed by atoms with Crippen molar-refractivity contribution in [2.24, 2.45) is 5.92 Å². The minimum atomic E-state index is -0.141. The lowest BCUT2D eigenvalue weighted by Crippen LogP contribution is -2.38. The maximum absolute atomic E-state index is 13.1. The first-order chi connectivity index (χ1) is 17.2. The molecule has 0 spiro atoms. The number of nitrogens with zero attached hydrogens (tertiary/aromatic N) is 5. The summed E-state index contributed by atoms with van der Waals surface area (Å²) in [5, 5.41) is 3.07. The van der Waals surface area contributed by atoms with Gasteiger partial charge in [0.2, 0.25) is 5.95 Å². The van der Waals surface area contributed by atoms with Crippen LogP contribution in [-0.4, -0.2) is 60.3 Å². The smallest absolute Gasteiger partial charge is 0.270 e. The number of pyridine rings is 1. The monoisotopic (exact) mass is 470 g/mol. The van der Waals surface area contributed by atoms with E-state index in [0.717, 1.165) is 37.6 Å². The van der Waals surface area contributed by atoms with Crippen molar-refractivity contribution in [1.29, 1.82) is 0 Å². The van der Waals surface area contributed by atoms with Crippen LogP contribution in [0.25, 0.3) is 0 Å². The Morgan fingerprint density at radius 2 is 1.91 bits per heavy atom. The normalized spacial score (nSPS) is 19.8. The van der Waals surface area contributed by atoms with Crippen LogP contribution in [0.1, 0.15) is 40.4 Å². The second kappa shape index (κ2) is 9.62. The van der Waals surface area contributed by atoms with Crippen LogP contribution in [0.5, 0.6) is 0 Å². The van der Waals surface area contributed by atoms with Gasteiger partial charge in [-0.1, -0.05) is 30.3 Å². The van der Waals surface area contributed by atoms with Crippen molar-refractivity contribution in [2.45, 2.75) is 25.2 Å². The lowest BCUT2D eigenvalue weighted by atomic mass is 9.88. The van der Waals surface area contributed by atoms with Crippen LogP contribution < -0.4 is 15.1 Å². The highest BCUT2D eigenvalue weighted by Crippen LogP contribution is 2.38. The van der Waals surface area contributed by atoms with E-state index < -0.39 is 0 Å². The van der Waals surface area contributed by atoms with Gasteiger partial charge in [0, 0.05) is 44.4 Å². The van der Waals surface area contributed by atoms with Gasteiger partial charge in [0.25, 0.3) is 5.91 Å². The van der Waals surface area contributed by atoms with Crippen LogP contribution in [0.3, 0.4) is 0 Å². The summed E-state index contributed by atoms with van der Waals surface area (Å²) in [5.74, 6) is 2.06. The third-order valence-corrected chi connectivity index (χ3v) is 7.08. The van der Waals surface area contributed by atoms with Crippen LogP contribution >= 0.6 is 0 Å². The average Bonchev–Trinajstić information content (AvgIpc) is 3.76. The number of ether oxygens (including phenoxy) is 1. The van der Waals surface area contributed by atoms with Crippen molar-refractivity contribution in [3.05, 3.63) is 71.7 Å². The molecule has 1 N–H and O–H groups in total. The highest BCUT2D eigenvalue weighted by Gasteiger charge is 2.30. The fourth-order valence-corrected chi connectivity index (χ4v) is 4.88. The number of morpholine rings is 1. The van der Waals surface area contributed by atoms with Crippen molar-refractivity contribution < 1.29 is 9.53 Å². The summed E-state index contributed by atoms with van der Waals surface area (Å²) in [6.45, 7) is 4.20. The lowest BCUT2D eigenvalue weighted by molar-refractivity contribution is 0.0946. The van der Waals surface area contributed by atoms with Gasteiger partial charge in [-0.15, -0.1) is 0 Å². The van der Waals surface area contributed by atoms with Gasteiger partial charge in [0.05, 0.1) is 25.1 Å². The minimum absolute atomic E-state index is 0.141. The molecule has 1 unspecified atom stereocenters. The van der Waals surface area contributed by atoms with Gasteiger partial charge in [0.1, 0.15) is 11.5 Å². The fourth-order valence-electron chi connectivity index (χ4n) is 4.88. The number of nitrogens with one attached hydrogen (secondary N) is 1. The second-order valence-corrected chi connectivity index (χ2v) is 9.59. The molecule has 180 valence electrons. The molecule has 6 rings (SSSR count). The van der Waals surface area contributed by atoms with Crippen molar-refractivity contribution >= 4 is 23.4 Å².